The van der Waals surface area contributed by atoms with Crippen molar-refractivity contribution in [3.63, 3.8) is 0 Å². The zero-order chi connectivity index (χ0) is 11.5. The molecule has 1 unspecified atom stereocenters. The molecule has 0 saturated carbocycles. The Balaban J connectivity index is 2.21. The molecular formula is C11H13FN2OS. The quantitative estimate of drug-likeness (QED) is 0.750. The molecule has 0 aromatic carbocycles. The van der Waals surface area contributed by atoms with Gasteiger partial charge >= 0.3 is 0 Å². The number of rotatable bonds is 1. The van der Waals surface area contributed by atoms with Gasteiger partial charge in [0.1, 0.15) is 0 Å². The molecule has 2 heterocycles. The lowest BCUT2D eigenvalue weighted by Crippen LogP contribution is -2.44. The molecule has 1 amide bonds. The van der Waals surface area contributed by atoms with Gasteiger partial charge in [0.25, 0.3) is 5.91 Å². The number of aromatic nitrogens is 1. The van der Waals surface area contributed by atoms with Crippen molar-refractivity contribution in [1.82, 2.24) is 9.88 Å². The van der Waals surface area contributed by atoms with Gasteiger partial charge in [-0.1, -0.05) is 0 Å². The average Bonchev–Trinajstić information content (AvgIpc) is 2.29. The predicted molar refractivity (Wildman–Crippen MR) is 62.0 cm³/mol. The van der Waals surface area contributed by atoms with E-state index in [0.717, 1.165) is 17.7 Å². The van der Waals surface area contributed by atoms with E-state index in [-0.39, 0.29) is 17.5 Å². The summed E-state index contributed by atoms with van der Waals surface area (Å²) in [5.41, 5.74) is 0.119. The van der Waals surface area contributed by atoms with Crippen molar-refractivity contribution in [2.24, 2.45) is 0 Å². The first-order valence-corrected chi connectivity index (χ1v) is 6.34. The number of halogens is 1. The first kappa shape index (κ1) is 11.4. The predicted octanol–water partition coefficient (Wildman–Crippen LogP) is 1.80. The van der Waals surface area contributed by atoms with Crippen LogP contribution in [0.1, 0.15) is 17.3 Å². The van der Waals surface area contributed by atoms with Gasteiger partial charge in [0.15, 0.2) is 5.82 Å². The lowest BCUT2D eigenvalue weighted by atomic mass is 10.2. The minimum atomic E-state index is -0.544. The van der Waals surface area contributed by atoms with Gasteiger partial charge in [0.05, 0.1) is 11.8 Å². The van der Waals surface area contributed by atoms with Crippen LogP contribution in [0.15, 0.2) is 18.5 Å². The van der Waals surface area contributed by atoms with E-state index < -0.39 is 5.82 Å². The summed E-state index contributed by atoms with van der Waals surface area (Å²) in [4.78, 5) is 17.5. The van der Waals surface area contributed by atoms with Crippen LogP contribution in [0.2, 0.25) is 0 Å². The Labute approximate surface area is 98.0 Å². The topological polar surface area (TPSA) is 33.2 Å². The summed E-state index contributed by atoms with van der Waals surface area (Å²) >= 11 is 1.82. The zero-order valence-corrected chi connectivity index (χ0v) is 9.84. The molecule has 0 radical (unpaired) electrons. The first-order chi connectivity index (χ1) is 7.70. The molecule has 2 rings (SSSR count). The van der Waals surface area contributed by atoms with E-state index in [1.807, 2.05) is 18.7 Å². The number of hydrogen-bond donors (Lipinski definition) is 0. The summed E-state index contributed by atoms with van der Waals surface area (Å²) in [5, 5.41) is 0. The molecule has 3 nitrogen and oxygen atoms in total. The standard InChI is InChI=1S/C11H13FN2OS/c1-8-7-16-5-4-14(8)11(15)9-2-3-13-6-10(9)12/h2-3,6,8H,4-5,7H2,1H3. The minimum absolute atomic E-state index is 0.119. The monoisotopic (exact) mass is 240 g/mol. The van der Waals surface area contributed by atoms with Gasteiger partial charge in [-0.15, -0.1) is 0 Å². The van der Waals surface area contributed by atoms with Crippen LogP contribution in [-0.4, -0.2) is 39.9 Å². The number of thioether (sulfide) groups is 1. The molecule has 16 heavy (non-hydrogen) atoms. The minimum Gasteiger partial charge on any atom is -0.334 e. The number of amides is 1. The Hall–Kier alpha value is -1.10. The molecule has 0 spiro atoms. The molecule has 86 valence electrons. The van der Waals surface area contributed by atoms with Gasteiger partial charge in [-0.3, -0.25) is 9.78 Å². The fraction of sp³-hybridized carbons (Fsp3) is 0.455. The second-order valence-electron chi connectivity index (χ2n) is 3.78. The second-order valence-corrected chi connectivity index (χ2v) is 4.93. The number of carbonyl (C=O) groups is 1. The zero-order valence-electron chi connectivity index (χ0n) is 9.02. The summed E-state index contributed by atoms with van der Waals surface area (Å²) in [7, 11) is 0. The van der Waals surface area contributed by atoms with E-state index in [2.05, 4.69) is 4.98 Å². The van der Waals surface area contributed by atoms with Crippen LogP contribution in [0.5, 0.6) is 0 Å². The van der Waals surface area contributed by atoms with Crippen molar-refractivity contribution in [3.8, 4) is 0 Å². The molecule has 1 aliphatic heterocycles. The van der Waals surface area contributed by atoms with Crippen molar-refractivity contribution in [1.29, 1.82) is 0 Å². The van der Waals surface area contributed by atoms with Crippen molar-refractivity contribution in [3.05, 3.63) is 29.8 Å². The van der Waals surface area contributed by atoms with E-state index in [1.165, 1.54) is 12.3 Å². The number of pyridine rings is 1. The molecule has 1 fully saturated rings. The summed E-state index contributed by atoms with van der Waals surface area (Å²) in [5.74, 6) is 1.06. The highest BCUT2D eigenvalue weighted by molar-refractivity contribution is 7.99. The molecular weight excluding hydrogens is 227 g/mol. The van der Waals surface area contributed by atoms with Crippen molar-refractivity contribution in [2.45, 2.75) is 13.0 Å². The third-order valence-electron chi connectivity index (χ3n) is 2.63. The summed E-state index contributed by atoms with van der Waals surface area (Å²) < 4.78 is 13.4. The van der Waals surface area contributed by atoms with Crippen LogP contribution in [0, 0.1) is 5.82 Å². The number of hydrogen-bond acceptors (Lipinski definition) is 3. The van der Waals surface area contributed by atoms with Gasteiger partial charge in [-0.05, 0) is 13.0 Å². The van der Waals surface area contributed by atoms with Gasteiger partial charge in [-0.2, -0.15) is 11.8 Å². The summed E-state index contributed by atoms with van der Waals surface area (Å²) in [6.07, 6.45) is 2.52. The molecule has 0 aliphatic carbocycles. The van der Waals surface area contributed by atoms with Crippen molar-refractivity contribution >= 4 is 17.7 Å². The van der Waals surface area contributed by atoms with Crippen molar-refractivity contribution < 1.29 is 9.18 Å². The smallest absolute Gasteiger partial charge is 0.257 e. The fourth-order valence-corrected chi connectivity index (χ4v) is 2.75. The van der Waals surface area contributed by atoms with E-state index in [0.29, 0.717) is 6.54 Å². The average molecular weight is 240 g/mol. The van der Waals surface area contributed by atoms with E-state index in [1.54, 1.807) is 4.90 Å². The van der Waals surface area contributed by atoms with Crippen molar-refractivity contribution in [2.75, 3.05) is 18.1 Å². The molecule has 1 aromatic heterocycles. The Kier molecular flexibility index (Phi) is 3.43. The maximum atomic E-state index is 13.4. The highest BCUT2D eigenvalue weighted by Gasteiger charge is 2.26. The molecule has 1 atom stereocenters. The van der Waals surface area contributed by atoms with E-state index >= 15 is 0 Å². The SMILES string of the molecule is CC1CSCCN1C(=O)c1ccncc1F. The van der Waals surface area contributed by atoms with Gasteiger partial charge in [0, 0.05) is 30.3 Å². The summed E-state index contributed by atoms with van der Waals surface area (Å²) in [6.45, 7) is 2.68. The Morgan fingerprint density at radius 3 is 3.19 bits per heavy atom. The van der Waals surface area contributed by atoms with Crippen LogP contribution in [0.25, 0.3) is 0 Å². The molecule has 0 N–H and O–H groups in total. The maximum Gasteiger partial charge on any atom is 0.257 e. The third kappa shape index (κ3) is 2.19. The van der Waals surface area contributed by atoms with E-state index in [4.69, 9.17) is 0 Å². The second kappa shape index (κ2) is 4.82. The third-order valence-corrected chi connectivity index (χ3v) is 3.82. The lowest BCUT2D eigenvalue weighted by Gasteiger charge is -2.33. The normalized spacial score (nSPS) is 20.9. The largest absolute Gasteiger partial charge is 0.334 e. The molecule has 1 saturated heterocycles. The molecule has 1 aliphatic rings. The van der Waals surface area contributed by atoms with Crippen LogP contribution in [0.4, 0.5) is 4.39 Å². The van der Waals surface area contributed by atoms with Gasteiger partial charge in [-0.25, -0.2) is 4.39 Å². The van der Waals surface area contributed by atoms with Gasteiger partial charge in [0.2, 0.25) is 0 Å². The Bertz CT molecular complexity index is 399. The van der Waals surface area contributed by atoms with Crippen LogP contribution in [0.3, 0.4) is 0 Å². The highest BCUT2D eigenvalue weighted by atomic mass is 32.2. The van der Waals surface area contributed by atoms with Crippen LogP contribution in [-0.2, 0) is 0 Å². The van der Waals surface area contributed by atoms with Crippen LogP contribution >= 0.6 is 11.8 Å². The fourth-order valence-electron chi connectivity index (χ4n) is 1.73. The number of carbonyl (C=O) groups excluding carboxylic acids is 1. The summed E-state index contributed by atoms with van der Waals surface area (Å²) in [6, 6.07) is 1.60. The lowest BCUT2D eigenvalue weighted by molar-refractivity contribution is 0.0711. The highest BCUT2D eigenvalue weighted by Crippen LogP contribution is 2.19. The number of nitrogens with zero attached hydrogens (tertiary/aromatic N) is 2. The Morgan fingerprint density at radius 1 is 1.69 bits per heavy atom. The van der Waals surface area contributed by atoms with E-state index in [9.17, 15) is 9.18 Å². The first-order valence-electron chi connectivity index (χ1n) is 5.18. The molecule has 5 heteroatoms. The maximum absolute atomic E-state index is 13.4. The Morgan fingerprint density at radius 2 is 2.50 bits per heavy atom. The molecule has 0 bridgehead atoms. The molecule has 1 aromatic rings. The van der Waals surface area contributed by atoms with Crippen LogP contribution < -0.4 is 0 Å². The van der Waals surface area contributed by atoms with Gasteiger partial charge < -0.3 is 4.90 Å².